The van der Waals surface area contributed by atoms with Crippen molar-refractivity contribution in [1.82, 2.24) is 0 Å². The van der Waals surface area contributed by atoms with Crippen molar-refractivity contribution in [1.29, 1.82) is 0 Å². The van der Waals surface area contributed by atoms with Gasteiger partial charge in [-0.3, -0.25) is 4.79 Å². The third kappa shape index (κ3) is 0.971. The fraction of sp³-hybridized carbons (Fsp3) is 0.812. The Morgan fingerprint density at radius 3 is 2.59 bits per heavy atom. The van der Waals surface area contributed by atoms with Crippen LogP contribution < -0.4 is 0 Å². The van der Waals surface area contributed by atoms with Crippen molar-refractivity contribution < 1.29 is 4.79 Å². The van der Waals surface area contributed by atoms with Crippen LogP contribution in [0.1, 0.15) is 59.8 Å². The van der Waals surface area contributed by atoms with Crippen molar-refractivity contribution in [2.75, 3.05) is 0 Å². The van der Waals surface area contributed by atoms with Crippen molar-refractivity contribution in [2.45, 2.75) is 59.8 Å². The Morgan fingerprint density at radius 2 is 1.94 bits per heavy atom. The maximum atomic E-state index is 12.7. The maximum absolute atomic E-state index is 12.7. The summed E-state index contributed by atoms with van der Waals surface area (Å²) in [6, 6.07) is 0. The lowest BCUT2D eigenvalue weighted by molar-refractivity contribution is -0.144. The van der Waals surface area contributed by atoms with Crippen LogP contribution in [0.25, 0.3) is 0 Å². The van der Waals surface area contributed by atoms with Crippen LogP contribution in [0.5, 0.6) is 0 Å². The molecule has 3 rings (SSSR count). The summed E-state index contributed by atoms with van der Waals surface area (Å²) in [5.41, 5.74) is 1.73. The number of carbonyl (C=O) groups excluding carboxylic acids is 1. The number of ketones is 1. The van der Waals surface area contributed by atoms with Gasteiger partial charge in [0, 0.05) is 10.8 Å². The van der Waals surface area contributed by atoms with E-state index in [2.05, 4.69) is 27.7 Å². The van der Waals surface area contributed by atoms with E-state index in [1.807, 2.05) is 6.08 Å². The van der Waals surface area contributed by atoms with Gasteiger partial charge in [-0.15, -0.1) is 0 Å². The molecule has 2 saturated carbocycles. The van der Waals surface area contributed by atoms with Gasteiger partial charge in [-0.2, -0.15) is 0 Å². The van der Waals surface area contributed by atoms with Crippen LogP contribution in [0.15, 0.2) is 11.6 Å². The van der Waals surface area contributed by atoms with Gasteiger partial charge in [0.1, 0.15) is 0 Å². The molecule has 2 fully saturated rings. The highest BCUT2D eigenvalue weighted by Crippen LogP contribution is 2.74. The molecule has 94 valence electrons. The molecule has 3 aliphatic carbocycles. The third-order valence-electron chi connectivity index (χ3n) is 6.56. The molecule has 0 aliphatic heterocycles. The molecule has 0 aromatic heterocycles. The SMILES string of the molecule is CC1=CC(=O)[C@@]23CC[C@H](C)[C@@]12CCCC3(C)C. The highest BCUT2D eigenvalue weighted by molar-refractivity contribution is 6.01. The molecule has 0 amide bonds. The van der Waals surface area contributed by atoms with E-state index in [0.29, 0.717) is 11.7 Å². The van der Waals surface area contributed by atoms with Crippen LogP contribution in [0.4, 0.5) is 0 Å². The highest BCUT2D eigenvalue weighted by Gasteiger charge is 2.71. The predicted octanol–water partition coefficient (Wildman–Crippen LogP) is 4.13. The summed E-state index contributed by atoms with van der Waals surface area (Å²) in [6.45, 7) is 9.26. The molecule has 0 bridgehead atoms. The second-order valence-corrected chi connectivity index (χ2v) is 7.25. The van der Waals surface area contributed by atoms with Gasteiger partial charge < -0.3 is 0 Å². The van der Waals surface area contributed by atoms with E-state index in [9.17, 15) is 4.79 Å². The molecule has 1 nitrogen and oxygen atoms in total. The lowest BCUT2D eigenvalue weighted by atomic mass is 9.46. The highest BCUT2D eigenvalue weighted by atomic mass is 16.1. The summed E-state index contributed by atoms with van der Waals surface area (Å²) >= 11 is 0. The van der Waals surface area contributed by atoms with Crippen molar-refractivity contribution in [3.63, 3.8) is 0 Å². The lowest BCUT2D eigenvalue weighted by Gasteiger charge is -2.56. The molecule has 0 unspecified atom stereocenters. The molecule has 0 heterocycles. The first-order valence-electron chi connectivity index (χ1n) is 7.12. The largest absolute Gasteiger partial charge is 0.294 e. The number of hydrogen-bond donors (Lipinski definition) is 0. The Morgan fingerprint density at radius 1 is 1.24 bits per heavy atom. The lowest BCUT2D eigenvalue weighted by Crippen LogP contribution is -2.54. The molecule has 0 aromatic rings. The van der Waals surface area contributed by atoms with E-state index in [4.69, 9.17) is 0 Å². The molecule has 3 atom stereocenters. The third-order valence-corrected chi connectivity index (χ3v) is 6.56. The zero-order valence-corrected chi connectivity index (χ0v) is 11.6. The molecule has 3 aliphatic rings. The number of rotatable bonds is 0. The van der Waals surface area contributed by atoms with E-state index >= 15 is 0 Å². The van der Waals surface area contributed by atoms with Gasteiger partial charge in [0.15, 0.2) is 5.78 Å². The summed E-state index contributed by atoms with van der Waals surface area (Å²) < 4.78 is 0. The Labute approximate surface area is 105 Å². The van der Waals surface area contributed by atoms with Gasteiger partial charge in [-0.05, 0) is 50.0 Å². The normalized spacial score (nSPS) is 47.6. The number of hydrogen-bond acceptors (Lipinski definition) is 1. The van der Waals surface area contributed by atoms with E-state index in [1.54, 1.807) is 0 Å². The minimum absolute atomic E-state index is 0.0538. The van der Waals surface area contributed by atoms with Crippen LogP contribution >= 0.6 is 0 Å². The minimum atomic E-state index is -0.0538. The van der Waals surface area contributed by atoms with Crippen LogP contribution in [-0.4, -0.2) is 5.78 Å². The van der Waals surface area contributed by atoms with Gasteiger partial charge in [0.25, 0.3) is 0 Å². The van der Waals surface area contributed by atoms with Gasteiger partial charge in [-0.1, -0.05) is 32.8 Å². The summed E-state index contributed by atoms with van der Waals surface area (Å²) in [7, 11) is 0. The summed E-state index contributed by atoms with van der Waals surface area (Å²) in [5, 5.41) is 0. The predicted molar refractivity (Wildman–Crippen MR) is 69.7 cm³/mol. The van der Waals surface area contributed by atoms with Gasteiger partial charge in [0.05, 0.1) is 0 Å². The zero-order valence-electron chi connectivity index (χ0n) is 11.6. The average Bonchev–Trinajstić information content (AvgIpc) is 2.66. The molecule has 1 heteroatoms. The van der Waals surface area contributed by atoms with E-state index in [-0.39, 0.29) is 16.2 Å². The molecular weight excluding hydrogens is 208 g/mol. The van der Waals surface area contributed by atoms with Crippen molar-refractivity contribution in [2.24, 2.45) is 22.2 Å². The van der Waals surface area contributed by atoms with Crippen LogP contribution in [0, 0.1) is 22.2 Å². The van der Waals surface area contributed by atoms with E-state index < -0.39 is 0 Å². The van der Waals surface area contributed by atoms with E-state index in [1.165, 1.54) is 31.3 Å². The second-order valence-electron chi connectivity index (χ2n) is 7.25. The second kappa shape index (κ2) is 3.05. The first kappa shape index (κ1) is 11.5. The van der Waals surface area contributed by atoms with Gasteiger partial charge in [0.2, 0.25) is 0 Å². The smallest absolute Gasteiger partial charge is 0.163 e. The molecule has 0 N–H and O–H groups in total. The molecular formula is C16H24O. The molecule has 0 aromatic carbocycles. The fourth-order valence-electron chi connectivity index (χ4n) is 5.80. The van der Waals surface area contributed by atoms with Crippen LogP contribution in [-0.2, 0) is 4.79 Å². The zero-order chi connectivity index (χ0) is 12.5. The van der Waals surface area contributed by atoms with Crippen LogP contribution in [0.2, 0.25) is 0 Å². The summed E-state index contributed by atoms with van der Waals surface area (Å²) in [5.74, 6) is 1.13. The topological polar surface area (TPSA) is 17.1 Å². The minimum Gasteiger partial charge on any atom is -0.294 e. The molecule has 17 heavy (non-hydrogen) atoms. The molecule has 0 saturated heterocycles. The van der Waals surface area contributed by atoms with Gasteiger partial charge in [-0.25, -0.2) is 0 Å². The van der Waals surface area contributed by atoms with Crippen molar-refractivity contribution in [3.8, 4) is 0 Å². The molecule has 0 spiro atoms. The Balaban J connectivity index is 2.26. The quantitative estimate of drug-likeness (QED) is 0.614. The van der Waals surface area contributed by atoms with Crippen molar-refractivity contribution >= 4 is 5.78 Å². The van der Waals surface area contributed by atoms with E-state index in [0.717, 1.165) is 6.42 Å². The van der Waals surface area contributed by atoms with Crippen LogP contribution in [0.3, 0.4) is 0 Å². The average molecular weight is 232 g/mol. The maximum Gasteiger partial charge on any atom is 0.163 e. The monoisotopic (exact) mass is 232 g/mol. The van der Waals surface area contributed by atoms with Crippen molar-refractivity contribution in [3.05, 3.63) is 11.6 Å². The Bertz CT molecular complexity index is 417. The van der Waals surface area contributed by atoms with Gasteiger partial charge >= 0.3 is 0 Å². The number of carbonyl (C=O) groups is 1. The molecule has 0 radical (unpaired) electrons. The Hall–Kier alpha value is -0.590. The standard InChI is InChI=1S/C16H24O/c1-11-6-9-16-13(17)10-12(2)15(11,16)8-5-7-14(16,3)4/h10-11H,5-9H2,1-4H3/t11-,15-,16+/m0/s1. The summed E-state index contributed by atoms with van der Waals surface area (Å²) in [4.78, 5) is 12.7. The first-order chi connectivity index (χ1) is 7.88. The fourth-order valence-corrected chi connectivity index (χ4v) is 5.80. The first-order valence-corrected chi connectivity index (χ1v) is 7.12. The summed E-state index contributed by atoms with van der Waals surface area (Å²) in [6.07, 6.45) is 8.09. The number of allylic oxidation sites excluding steroid dienone is 2. The Kier molecular flexibility index (Phi) is 2.06.